The predicted molar refractivity (Wildman–Crippen MR) is 41.3 cm³/mol. The minimum Gasteiger partial charge on any atom is -0.396 e. The van der Waals surface area contributed by atoms with Crippen molar-refractivity contribution in [3.8, 4) is 0 Å². The average molecular weight is 142 g/mol. The Kier molecular flexibility index (Phi) is 2.68. The lowest BCUT2D eigenvalue weighted by molar-refractivity contribution is 0.270. The number of aliphatic hydroxyl groups excluding tert-OH is 1. The van der Waals surface area contributed by atoms with Gasteiger partial charge in [0.2, 0.25) is 0 Å². The Bertz CT molecular complexity index is 134. The zero-order valence-electron chi connectivity index (χ0n) is 6.38. The Morgan fingerprint density at radius 2 is 2.50 bits per heavy atom. The molecule has 0 radical (unpaired) electrons. The highest BCUT2D eigenvalue weighted by Crippen LogP contribution is 2.00. The Morgan fingerprint density at radius 3 is 3.00 bits per heavy atom. The van der Waals surface area contributed by atoms with E-state index < -0.39 is 0 Å². The summed E-state index contributed by atoms with van der Waals surface area (Å²) in [6.07, 6.45) is 0.854. The van der Waals surface area contributed by atoms with Gasteiger partial charge in [-0.25, -0.2) is 0 Å². The molecule has 0 aromatic rings. The first-order valence-corrected chi connectivity index (χ1v) is 3.71. The van der Waals surface area contributed by atoms with E-state index in [1.54, 1.807) is 0 Å². The number of amidine groups is 1. The standard InChI is InChI=1S/C7H14N2O/c1-7-8-3-5-9(7)4-2-6-10/h10H,2-6H2,1H3. The summed E-state index contributed by atoms with van der Waals surface area (Å²) >= 11 is 0. The minimum atomic E-state index is 0.282. The molecule has 0 saturated heterocycles. The summed E-state index contributed by atoms with van der Waals surface area (Å²) in [5.41, 5.74) is 0. The van der Waals surface area contributed by atoms with Crippen molar-refractivity contribution in [2.75, 3.05) is 26.2 Å². The molecule has 0 unspecified atom stereocenters. The van der Waals surface area contributed by atoms with Gasteiger partial charge >= 0.3 is 0 Å². The van der Waals surface area contributed by atoms with E-state index in [0.29, 0.717) is 0 Å². The summed E-state index contributed by atoms with van der Waals surface area (Å²) in [5.74, 6) is 1.12. The lowest BCUT2D eigenvalue weighted by Crippen LogP contribution is -2.27. The number of aliphatic hydroxyl groups is 1. The molecule has 1 aliphatic rings. The molecule has 0 aromatic heterocycles. The third kappa shape index (κ3) is 1.70. The highest BCUT2D eigenvalue weighted by molar-refractivity contribution is 5.81. The van der Waals surface area contributed by atoms with Crippen LogP contribution in [0.3, 0.4) is 0 Å². The second-order valence-electron chi connectivity index (χ2n) is 2.49. The van der Waals surface area contributed by atoms with E-state index in [1.807, 2.05) is 6.92 Å². The van der Waals surface area contributed by atoms with Crippen molar-refractivity contribution in [1.82, 2.24) is 4.90 Å². The first-order chi connectivity index (χ1) is 4.84. The van der Waals surface area contributed by atoms with Crippen LogP contribution in [0.4, 0.5) is 0 Å². The van der Waals surface area contributed by atoms with Crippen LogP contribution < -0.4 is 0 Å². The maximum atomic E-state index is 8.55. The van der Waals surface area contributed by atoms with Crippen LogP contribution in [0.1, 0.15) is 13.3 Å². The summed E-state index contributed by atoms with van der Waals surface area (Å²) in [6.45, 7) is 5.21. The first kappa shape index (κ1) is 7.54. The largest absolute Gasteiger partial charge is 0.396 e. The molecule has 1 N–H and O–H groups in total. The fourth-order valence-corrected chi connectivity index (χ4v) is 1.13. The third-order valence-electron chi connectivity index (χ3n) is 1.75. The van der Waals surface area contributed by atoms with Gasteiger partial charge in [-0.05, 0) is 13.3 Å². The summed E-state index contributed by atoms with van der Waals surface area (Å²) in [4.78, 5) is 6.44. The van der Waals surface area contributed by atoms with E-state index in [4.69, 9.17) is 5.11 Å². The monoisotopic (exact) mass is 142 g/mol. The van der Waals surface area contributed by atoms with Gasteiger partial charge < -0.3 is 10.0 Å². The van der Waals surface area contributed by atoms with Crippen LogP contribution in [-0.4, -0.2) is 42.1 Å². The summed E-state index contributed by atoms with van der Waals surface area (Å²) in [5, 5.41) is 8.55. The van der Waals surface area contributed by atoms with Crippen molar-refractivity contribution in [2.45, 2.75) is 13.3 Å². The molecule has 0 aromatic carbocycles. The molecule has 0 aliphatic carbocycles. The molecule has 1 aliphatic heterocycles. The molecule has 0 saturated carbocycles. The van der Waals surface area contributed by atoms with E-state index >= 15 is 0 Å². The number of hydrogen-bond donors (Lipinski definition) is 1. The lowest BCUT2D eigenvalue weighted by atomic mass is 10.4. The number of aliphatic imine (C=N–C) groups is 1. The molecule has 3 nitrogen and oxygen atoms in total. The molecule has 10 heavy (non-hydrogen) atoms. The van der Waals surface area contributed by atoms with E-state index in [2.05, 4.69) is 9.89 Å². The SMILES string of the molecule is CC1=NCCN1CCCO. The third-order valence-corrected chi connectivity index (χ3v) is 1.75. The summed E-state index contributed by atoms with van der Waals surface area (Å²) in [7, 11) is 0. The maximum Gasteiger partial charge on any atom is 0.0958 e. The molecule has 58 valence electrons. The van der Waals surface area contributed by atoms with Gasteiger partial charge in [0.15, 0.2) is 0 Å². The first-order valence-electron chi connectivity index (χ1n) is 3.71. The highest BCUT2D eigenvalue weighted by Gasteiger charge is 2.10. The lowest BCUT2D eigenvalue weighted by Gasteiger charge is -2.16. The molecular weight excluding hydrogens is 128 g/mol. The van der Waals surface area contributed by atoms with Crippen LogP contribution >= 0.6 is 0 Å². The van der Waals surface area contributed by atoms with Crippen molar-refractivity contribution in [1.29, 1.82) is 0 Å². The van der Waals surface area contributed by atoms with E-state index in [9.17, 15) is 0 Å². The van der Waals surface area contributed by atoms with Crippen LogP contribution in [0.5, 0.6) is 0 Å². The maximum absolute atomic E-state index is 8.55. The van der Waals surface area contributed by atoms with Crippen molar-refractivity contribution in [3.05, 3.63) is 0 Å². The molecule has 0 bridgehead atoms. The topological polar surface area (TPSA) is 35.8 Å². The molecule has 1 rings (SSSR count). The van der Waals surface area contributed by atoms with E-state index in [-0.39, 0.29) is 6.61 Å². The Hall–Kier alpha value is -0.570. The van der Waals surface area contributed by atoms with Gasteiger partial charge in [-0.3, -0.25) is 4.99 Å². The normalized spacial score (nSPS) is 17.8. The molecule has 3 heteroatoms. The number of nitrogens with zero attached hydrogens (tertiary/aromatic N) is 2. The molecule has 0 fully saturated rings. The Balaban J connectivity index is 2.22. The van der Waals surface area contributed by atoms with E-state index in [1.165, 1.54) is 0 Å². The van der Waals surface area contributed by atoms with Crippen LogP contribution in [0, 0.1) is 0 Å². The molecule has 0 atom stereocenters. The number of rotatable bonds is 3. The van der Waals surface area contributed by atoms with Crippen molar-refractivity contribution < 1.29 is 5.11 Å². The van der Waals surface area contributed by atoms with Crippen molar-refractivity contribution in [2.24, 2.45) is 4.99 Å². The molecule has 1 heterocycles. The van der Waals surface area contributed by atoms with Crippen LogP contribution in [0.25, 0.3) is 0 Å². The fourth-order valence-electron chi connectivity index (χ4n) is 1.13. The fraction of sp³-hybridized carbons (Fsp3) is 0.857. The quantitative estimate of drug-likeness (QED) is 0.606. The second kappa shape index (κ2) is 3.56. The van der Waals surface area contributed by atoms with E-state index in [0.717, 1.165) is 31.9 Å². The molecular formula is C7H14N2O. The minimum absolute atomic E-state index is 0.282. The number of hydrogen-bond acceptors (Lipinski definition) is 3. The summed E-state index contributed by atoms with van der Waals surface area (Å²) in [6, 6.07) is 0. The van der Waals surface area contributed by atoms with Crippen LogP contribution in [0.15, 0.2) is 4.99 Å². The van der Waals surface area contributed by atoms with Gasteiger partial charge in [0.05, 0.1) is 12.4 Å². The average Bonchev–Trinajstić information content (AvgIpc) is 2.31. The van der Waals surface area contributed by atoms with Gasteiger partial charge in [0, 0.05) is 19.7 Å². The molecule has 0 amide bonds. The van der Waals surface area contributed by atoms with Gasteiger partial charge in [0.25, 0.3) is 0 Å². The van der Waals surface area contributed by atoms with Gasteiger partial charge in [-0.15, -0.1) is 0 Å². The van der Waals surface area contributed by atoms with Crippen molar-refractivity contribution >= 4 is 5.84 Å². The van der Waals surface area contributed by atoms with Crippen LogP contribution in [-0.2, 0) is 0 Å². The van der Waals surface area contributed by atoms with Gasteiger partial charge in [-0.1, -0.05) is 0 Å². The van der Waals surface area contributed by atoms with Gasteiger partial charge in [-0.2, -0.15) is 0 Å². The van der Waals surface area contributed by atoms with Gasteiger partial charge in [0.1, 0.15) is 0 Å². The smallest absolute Gasteiger partial charge is 0.0958 e. The summed E-state index contributed by atoms with van der Waals surface area (Å²) < 4.78 is 0. The highest BCUT2D eigenvalue weighted by atomic mass is 16.3. The second-order valence-corrected chi connectivity index (χ2v) is 2.49. The zero-order valence-corrected chi connectivity index (χ0v) is 6.38. The van der Waals surface area contributed by atoms with Crippen LogP contribution in [0.2, 0.25) is 0 Å². The Labute approximate surface area is 61.4 Å². The predicted octanol–water partition coefficient (Wildman–Crippen LogP) is 0.103. The zero-order chi connectivity index (χ0) is 7.40. The van der Waals surface area contributed by atoms with Crippen molar-refractivity contribution in [3.63, 3.8) is 0 Å². The molecule has 0 spiro atoms. The Morgan fingerprint density at radius 1 is 1.70 bits per heavy atom.